The molecule has 0 aliphatic carbocycles. The highest BCUT2D eigenvalue weighted by Gasteiger charge is 2.06. The molecule has 0 aliphatic heterocycles. The van der Waals surface area contributed by atoms with Crippen LogP contribution in [0, 0.1) is 12.8 Å². The van der Waals surface area contributed by atoms with Gasteiger partial charge in [0, 0.05) is 12.2 Å². The molecule has 16 heavy (non-hydrogen) atoms. The van der Waals surface area contributed by atoms with Crippen molar-refractivity contribution in [3.63, 3.8) is 0 Å². The summed E-state index contributed by atoms with van der Waals surface area (Å²) >= 11 is 0. The Morgan fingerprint density at radius 2 is 2.19 bits per heavy atom. The van der Waals surface area contributed by atoms with Gasteiger partial charge in [-0.15, -0.1) is 0 Å². The van der Waals surface area contributed by atoms with E-state index >= 15 is 0 Å². The summed E-state index contributed by atoms with van der Waals surface area (Å²) in [6.45, 7) is 7.26. The fraction of sp³-hybridized carbons (Fsp3) is 0.727. The van der Waals surface area contributed by atoms with Crippen molar-refractivity contribution >= 4 is 0 Å². The van der Waals surface area contributed by atoms with Crippen molar-refractivity contribution in [1.82, 2.24) is 9.78 Å². The third kappa shape index (κ3) is 4.74. The van der Waals surface area contributed by atoms with Gasteiger partial charge in [0.25, 0.3) is 0 Å². The number of aryl methyl sites for hydroxylation is 1. The average Bonchev–Trinajstić information content (AvgIpc) is 2.63. The van der Waals surface area contributed by atoms with Gasteiger partial charge in [0.2, 0.25) is 0 Å². The Hall–Kier alpha value is -0.910. The number of nitrogens with two attached hydrogens (primary N) is 1. The summed E-state index contributed by atoms with van der Waals surface area (Å²) in [6.07, 6.45) is 1.87. The monoisotopic (exact) mass is 227 g/mol. The standard InChI is InChI=1S/C11H21N3O2/c1-9(2)11(12)6-15-8-16-7-14-5-4-10(3)13-14/h4-5,9,11H,6-8,12H2,1-3H3/t11-/m1/s1. The molecule has 1 heterocycles. The summed E-state index contributed by atoms with van der Waals surface area (Å²) < 4.78 is 12.3. The summed E-state index contributed by atoms with van der Waals surface area (Å²) in [6, 6.07) is 1.99. The highest BCUT2D eigenvalue weighted by Crippen LogP contribution is 1.98. The van der Waals surface area contributed by atoms with Gasteiger partial charge >= 0.3 is 0 Å². The number of rotatable bonds is 7. The highest BCUT2D eigenvalue weighted by molar-refractivity contribution is 4.94. The maximum absolute atomic E-state index is 5.82. The molecule has 1 atom stereocenters. The Labute approximate surface area is 96.5 Å². The number of ether oxygens (including phenoxy) is 2. The van der Waals surface area contributed by atoms with Gasteiger partial charge in [0.15, 0.2) is 0 Å². The van der Waals surface area contributed by atoms with Gasteiger partial charge in [-0.2, -0.15) is 5.10 Å². The third-order valence-corrected chi connectivity index (χ3v) is 2.33. The van der Waals surface area contributed by atoms with E-state index in [2.05, 4.69) is 18.9 Å². The molecule has 5 heteroatoms. The van der Waals surface area contributed by atoms with E-state index in [4.69, 9.17) is 15.2 Å². The van der Waals surface area contributed by atoms with Gasteiger partial charge < -0.3 is 15.2 Å². The fourth-order valence-corrected chi connectivity index (χ4v) is 1.10. The molecule has 0 amide bonds. The first-order chi connectivity index (χ1) is 7.59. The fourth-order valence-electron chi connectivity index (χ4n) is 1.10. The van der Waals surface area contributed by atoms with E-state index in [0.29, 0.717) is 19.3 Å². The van der Waals surface area contributed by atoms with E-state index in [1.807, 2.05) is 19.2 Å². The van der Waals surface area contributed by atoms with E-state index in [1.54, 1.807) is 4.68 Å². The molecule has 0 fully saturated rings. The van der Waals surface area contributed by atoms with Crippen LogP contribution in [0.2, 0.25) is 0 Å². The van der Waals surface area contributed by atoms with Crippen LogP contribution in [0.25, 0.3) is 0 Å². The topological polar surface area (TPSA) is 62.3 Å². The van der Waals surface area contributed by atoms with Crippen molar-refractivity contribution in [2.24, 2.45) is 11.7 Å². The lowest BCUT2D eigenvalue weighted by atomic mass is 10.1. The largest absolute Gasteiger partial charge is 0.354 e. The number of aromatic nitrogens is 2. The molecule has 2 N–H and O–H groups in total. The minimum atomic E-state index is 0.0653. The molecule has 0 radical (unpaired) electrons. The van der Waals surface area contributed by atoms with Crippen molar-refractivity contribution in [3.8, 4) is 0 Å². The Morgan fingerprint density at radius 3 is 2.75 bits per heavy atom. The van der Waals surface area contributed by atoms with Crippen LogP contribution in [0.5, 0.6) is 0 Å². The van der Waals surface area contributed by atoms with E-state index in [0.717, 1.165) is 5.69 Å². The number of hydrogen-bond donors (Lipinski definition) is 1. The van der Waals surface area contributed by atoms with Gasteiger partial charge in [-0.25, -0.2) is 4.68 Å². The van der Waals surface area contributed by atoms with Crippen LogP contribution in [0.3, 0.4) is 0 Å². The van der Waals surface area contributed by atoms with E-state index in [9.17, 15) is 0 Å². The average molecular weight is 227 g/mol. The first-order valence-electron chi connectivity index (χ1n) is 5.50. The zero-order valence-corrected chi connectivity index (χ0v) is 10.2. The normalized spacial score (nSPS) is 13.3. The zero-order chi connectivity index (χ0) is 12.0. The first kappa shape index (κ1) is 13.2. The molecule has 1 aromatic rings. The van der Waals surface area contributed by atoms with Crippen LogP contribution < -0.4 is 5.73 Å². The predicted molar refractivity (Wildman–Crippen MR) is 61.7 cm³/mol. The van der Waals surface area contributed by atoms with Gasteiger partial charge in [-0.05, 0) is 18.9 Å². The lowest BCUT2D eigenvalue weighted by Crippen LogP contribution is -2.32. The summed E-state index contributed by atoms with van der Waals surface area (Å²) in [4.78, 5) is 0. The minimum absolute atomic E-state index is 0.0653. The van der Waals surface area contributed by atoms with Crippen molar-refractivity contribution in [1.29, 1.82) is 0 Å². The van der Waals surface area contributed by atoms with Gasteiger partial charge in [0.05, 0.1) is 12.3 Å². The maximum atomic E-state index is 5.82. The molecule has 5 nitrogen and oxygen atoms in total. The van der Waals surface area contributed by atoms with Crippen molar-refractivity contribution < 1.29 is 9.47 Å². The molecule has 0 unspecified atom stereocenters. The lowest BCUT2D eigenvalue weighted by Gasteiger charge is -2.15. The Bertz CT molecular complexity index is 299. The van der Waals surface area contributed by atoms with Crippen molar-refractivity contribution in [3.05, 3.63) is 18.0 Å². The molecular weight excluding hydrogens is 206 g/mol. The Morgan fingerprint density at radius 1 is 1.44 bits per heavy atom. The van der Waals surface area contributed by atoms with E-state index in [1.165, 1.54) is 0 Å². The predicted octanol–water partition coefficient (Wildman–Crippen LogP) is 1.12. The molecule has 0 bridgehead atoms. The van der Waals surface area contributed by atoms with Crippen molar-refractivity contribution in [2.75, 3.05) is 13.4 Å². The van der Waals surface area contributed by atoms with Gasteiger partial charge in [-0.3, -0.25) is 0 Å². The molecule has 92 valence electrons. The van der Waals surface area contributed by atoms with Gasteiger partial charge in [0.1, 0.15) is 13.5 Å². The smallest absolute Gasteiger partial charge is 0.149 e. The second-order valence-electron chi connectivity index (χ2n) is 4.23. The first-order valence-corrected chi connectivity index (χ1v) is 5.50. The second kappa shape index (κ2) is 6.62. The summed E-state index contributed by atoms with van der Waals surface area (Å²) in [7, 11) is 0. The maximum Gasteiger partial charge on any atom is 0.149 e. The van der Waals surface area contributed by atoms with Crippen LogP contribution in [0.4, 0.5) is 0 Å². The molecule has 0 aliphatic rings. The lowest BCUT2D eigenvalue weighted by molar-refractivity contribution is -0.0865. The Balaban J connectivity index is 2.04. The van der Waals surface area contributed by atoms with Gasteiger partial charge in [-0.1, -0.05) is 13.8 Å². The highest BCUT2D eigenvalue weighted by atomic mass is 16.7. The summed E-state index contributed by atoms with van der Waals surface area (Å²) in [5.41, 5.74) is 6.79. The minimum Gasteiger partial charge on any atom is -0.354 e. The van der Waals surface area contributed by atoms with Crippen molar-refractivity contribution in [2.45, 2.75) is 33.5 Å². The SMILES string of the molecule is Cc1ccn(COCOC[C@@H](N)C(C)C)n1. The van der Waals surface area contributed by atoms with Crippen LogP contribution in [0.15, 0.2) is 12.3 Å². The quantitative estimate of drug-likeness (QED) is 0.560. The molecular formula is C11H21N3O2. The van der Waals surface area contributed by atoms with Crippen LogP contribution >= 0.6 is 0 Å². The second-order valence-corrected chi connectivity index (χ2v) is 4.23. The summed E-state index contributed by atoms with van der Waals surface area (Å²) in [5.74, 6) is 0.425. The third-order valence-electron chi connectivity index (χ3n) is 2.33. The molecule has 0 saturated heterocycles. The molecule has 0 saturated carbocycles. The summed E-state index contributed by atoms with van der Waals surface area (Å²) in [5, 5.41) is 4.18. The molecule has 0 spiro atoms. The number of hydrogen-bond acceptors (Lipinski definition) is 4. The Kier molecular flexibility index (Phi) is 5.45. The number of nitrogens with zero attached hydrogens (tertiary/aromatic N) is 2. The van der Waals surface area contributed by atoms with E-state index < -0.39 is 0 Å². The zero-order valence-electron chi connectivity index (χ0n) is 10.2. The van der Waals surface area contributed by atoms with Crippen LogP contribution in [0.1, 0.15) is 19.5 Å². The molecule has 1 rings (SSSR count). The van der Waals surface area contributed by atoms with E-state index in [-0.39, 0.29) is 12.8 Å². The van der Waals surface area contributed by atoms with Crippen LogP contribution in [-0.4, -0.2) is 29.2 Å². The molecule has 1 aromatic heterocycles. The molecule has 0 aromatic carbocycles. The van der Waals surface area contributed by atoms with Crippen LogP contribution in [-0.2, 0) is 16.2 Å².